The molecule has 1 fully saturated rings. The monoisotopic (exact) mass is 399 g/mol. The summed E-state index contributed by atoms with van der Waals surface area (Å²) >= 11 is 1.28. The summed E-state index contributed by atoms with van der Waals surface area (Å²) in [5.74, 6) is -0.427. The number of rotatable bonds is 6. The third-order valence-electron chi connectivity index (χ3n) is 5.15. The highest BCUT2D eigenvalue weighted by Gasteiger charge is 2.45. The summed E-state index contributed by atoms with van der Waals surface area (Å²) in [6.07, 6.45) is 1.96. The summed E-state index contributed by atoms with van der Waals surface area (Å²) in [5.41, 5.74) is 0.818. The fourth-order valence-electron chi connectivity index (χ4n) is 3.77. The van der Waals surface area contributed by atoms with Crippen LogP contribution >= 0.6 is 11.3 Å². The van der Waals surface area contributed by atoms with Gasteiger partial charge in [-0.3, -0.25) is 14.4 Å². The van der Waals surface area contributed by atoms with Gasteiger partial charge in [-0.25, -0.2) is 0 Å². The Morgan fingerprint density at radius 3 is 2.61 bits per heavy atom. The van der Waals surface area contributed by atoms with Gasteiger partial charge in [0.05, 0.1) is 22.5 Å². The van der Waals surface area contributed by atoms with Gasteiger partial charge in [0, 0.05) is 18.5 Å². The second-order valence-electron chi connectivity index (χ2n) is 7.25. The molecule has 1 amide bonds. The molecule has 28 heavy (non-hydrogen) atoms. The first-order valence-corrected chi connectivity index (χ1v) is 10.4. The van der Waals surface area contributed by atoms with E-state index in [1.54, 1.807) is 23.3 Å². The molecule has 6 heteroatoms. The van der Waals surface area contributed by atoms with Gasteiger partial charge in [0.15, 0.2) is 5.78 Å². The first-order chi connectivity index (χ1) is 13.4. The SMILES string of the molecule is CCOC(=O)[C@@]1(Cc2ccccc2)CCCN(C(=O)c2csc(C(C)=O)c2)C1. The molecule has 1 atom stereocenters. The number of carbonyl (C=O) groups excluding carboxylic acids is 3. The smallest absolute Gasteiger partial charge is 0.314 e. The molecule has 5 nitrogen and oxygen atoms in total. The van der Waals surface area contributed by atoms with Crippen molar-refractivity contribution in [3.63, 3.8) is 0 Å². The second-order valence-corrected chi connectivity index (χ2v) is 8.16. The number of amides is 1. The standard InChI is InChI=1S/C22H25NO4S/c1-3-27-21(26)22(13-17-8-5-4-6-9-17)10-7-11-23(15-22)20(25)18-12-19(16(2)24)28-14-18/h4-6,8-9,12,14H,3,7,10-11,13,15H2,1-2H3/t22-/m1/s1. The van der Waals surface area contributed by atoms with Crippen molar-refractivity contribution in [1.82, 2.24) is 4.90 Å². The third-order valence-corrected chi connectivity index (χ3v) is 6.18. The molecule has 1 aliphatic rings. The minimum absolute atomic E-state index is 0.0485. The number of Topliss-reactive ketones (excluding diaryl/α,β-unsaturated/α-hetero) is 1. The zero-order valence-electron chi connectivity index (χ0n) is 16.3. The summed E-state index contributed by atoms with van der Waals surface area (Å²) in [5, 5.41) is 1.72. The van der Waals surface area contributed by atoms with Crippen LogP contribution in [-0.4, -0.2) is 42.3 Å². The lowest BCUT2D eigenvalue weighted by Gasteiger charge is -2.41. The Morgan fingerprint density at radius 1 is 1.21 bits per heavy atom. The minimum Gasteiger partial charge on any atom is -0.466 e. The highest BCUT2D eigenvalue weighted by atomic mass is 32.1. The Labute approximate surface area is 169 Å². The molecular weight excluding hydrogens is 374 g/mol. The van der Waals surface area contributed by atoms with E-state index in [-0.39, 0.29) is 17.7 Å². The number of benzene rings is 1. The van der Waals surface area contributed by atoms with E-state index >= 15 is 0 Å². The number of likely N-dealkylation sites (tertiary alicyclic amines) is 1. The van der Waals surface area contributed by atoms with Crippen LogP contribution in [-0.2, 0) is 16.0 Å². The van der Waals surface area contributed by atoms with Gasteiger partial charge in [0.25, 0.3) is 5.91 Å². The quantitative estimate of drug-likeness (QED) is 0.544. The highest BCUT2D eigenvalue weighted by Crippen LogP contribution is 2.36. The Hall–Kier alpha value is -2.47. The van der Waals surface area contributed by atoms with Crippen LogP contribution in [0.5, 0.6) is 0 Å². The molecule has 0 spiro atoms. The van der Waals surface area contributed by atoms with Crippen LogP contribution in [0.4, 0.5) is 0 Å². The molecule has 0 aliphatic carbocycles. The van der Waals surface area contributed by atoms with Gasteiger partial charge in [-0.15, -0.1) is 11.3 Å². The van der Waals surface area contributed by atoms with E-state index in [9.17, 15) is 14.4 Å². The van der Waals surface area contributed by atoms with E-state index in [2.05, 4.69) is 0 Å². The lowest BCUT2D eigenvalue weighted by atomic mass is 9.75. The molecule has 0 N–H and O–H groups in total. The fourth-order valence-corrected chi connectivity index (χ4v) is 4.56. The average Bonchev–Trinajstić information content (AvgIpc) is 3.19. The van der Waals surface area contributed by atoms with E-state index in [1.165, 1.54) is 18.3 Å². The largest absolute Gasteiger partial charge is 0.466 e. The molecule has 2 heterocycles. The fraction of sp³-hybridized carbons (Fsp3) is 0.409. The van der Waals surface area contributed by atoms with Crippen LogP contribution < -0.4 is 0 Å². The Balaban J connectivity index is 1.85. The molecule has 1 saturated heterocycles. The van der Waals surface area contributed by atoms with E-state index < -0.39 is 5.41 Å². The van der Waals surface area contributed by atoms with Crippen molar-refractivity contribution in [1.29, 1.82) is 0 Å². The molecule has 1 aliphatic heterocycles. The Morgan fingerprint density at radius 2 is 1.96 bits per heavy atom. The van der Waals surface area contributed by atoms with Gasteiger partial charge in [-0.2, -0.15) is 0 Å². The maximum Gasteiger partial charge on any atom is 0.314 e. The van der Waals surface area contributed by atoms with Crippen LogP contribution in [0.25, 0.3) is 0 Å². The molecular formula is C22H25NO4S. The van der Waals surface area contributed by atoms with Gasteiger partial charge in [-0.1, -0.05) is 30.3 Å². The predicted octanol–water partition coefficient (Wildman–Crippen LogP) is 3.98. The van der Waals surface area contributed by atoms with Crippen molar-refractivity contribution in [2.45, 2.75) is 33.1 Å². The number of nitrogens with zero attached hydrogens (tertiary/aromatic N) is 1. The maximum absolute atomic E-state index is 13.0. The normalized spacial score (nSPS) is 19.3. The van der Waals surface area contributed by atoms with E-state index in [0.29, 0.717) is 43.0 Å². The van der Waals surface area contributed by atoms with Gasteiger partial charge >= 0.3 is 5.97 Å². The highest BCUT2D eigenvalue weighted by molar-refractivity contribution is 7.12. The van der Waals surface area contributed by atoms with Crippen molar-refractivity contribution in [2.24, 2.45) is 5.41 Å². The topological polar surface area (TPSA) is 63.7 Å². The van der Waals surface area contributed by atoms with Crippen molar-refractivity contribution in [3.8, 4) is 0 Å². The number of ketones is 1. The summed E-state index contributed by atoms with van der Waals surface area (Å²) in [6.45, 7) is 4.53. The number of thiophene rings is 1. The van der Waals surface area contributed by atoms with Crippen molar-refractivity contribution >= 4 is 29.0 Å². The number of carbonyl (C=O) groups is 3. The number of esters is 1. The molecule has 0 saturated carbocycles. The maximum atomic E-state index is 13.0. The first-order valence-electron chi connectivity index (χ1n) is 9.55. The van der Waals surface area contributed by atoms with Gasteiger partial charge in [0.1, 0.15) is 0 Å². The molecule has 2 aromatic rings. The van der Waals surface area contributed by atoms with Gasteiger partial charge in [-0.05, 0) is 44.7 Å². The number of hydrogen-bond acceptors (Lipinski definition) is 5. The van der Waals surface area contributed by atoms with Crippen LogP contribution in [0.3, 0.4) is 0 Å². The summed E-state index contributed by atoms with van der Waals surface area (Å²) in [6, 6.07) is 11.5. The number of piperidine rings is 1. The van der Waals surface area contributed by atoms with Crippen molar-refractivity contribution < 1.29 is 19.1 Å². The molecule has 148 valence electrons. The van der Waals surface area contributed by atoms with Crippen LogP contribution in [0, 0.1) is 5.41 Å². The lowest BCUT2D eigenvalue weighted by molar-refractivity contribution is -0.158. The van der Waals surface area contributed by atoms with Gasteiger partial charge in [0.2, 0.25) is 0 Å². The summed E-state index contributed by atoms with van der Waals surface area (Å²) < 4.78 is 5.41. The van der Waals surface area contributed by atoms with E-state index in [4.69, 9.17) is 4.74 Å². The molecule has 3 rings (SSSR count). The molecule has 0 unspecified atom stereocenters. The van der Waals surface area contributed by atoms with Crippen LogP contribution in [0.2, 0.25) is 0 Å². The average molecular weight is 400 g/mol. The first kappa shape index (κ1) is 20.3. The van der Waals surface area contributed by atoms with Gasteiger partial charge < -0.3 is 9.64 Å². The molecule has 0 radical (unpaired) electrons. The predicted molar refractivity (Wildman–Crippen MR) is 109 cm³/mol. The Kier molecular flexibility index (Phi) is 6.29. The number of hydrogen-bond donors (Lipinski definition) is 0. The molecule has 1 aromatic carbocycles. The van der Waals surface area contributed by atoms with Crippen molar-refractivity contribution in [3.05, 3.63) is 57.8 Å². The van der Waals surface area contributed by atoms with E-state index in [0.717, 1.165) is 12.0 Å². The zero-order valence-corrected chi connectivity index (χ0v) is 17.1. The third kappa shape index (κ3) is 4.33. The molecule has 0 bridgehead atoms. The molecule has 1 aromatic heterocycles. The van der Waals surface area contributed by atoms with Crippen molar-refractivity contribution in [2.75, 3.05) is 19.7 Å². The van der Waals surface area contributed by atoms with Crippen LogP contribution in [0.1, 0.15) is 52.3 Å². The Bertz CT molecular complexity index is 860. The lowest BCUT2D eigenvalue weighted by Crippen LogP contribution is -2.51. The number of ether oxygens (including phenoxy) is 1. The zero-order chi connectivity index (χ0) is 20.1. The minimum atomic E-state index is -0.745. The summed E-state index contributed by atoms with van der Waals surface area (Å²) in [7, 11) is 0. The second kappa shape index (κ2) is 8.69. The van der Waals surface area contributed by atoms with E-state index in [1.807, 2.05) is 30.3 Å². The van der Waals surface area contributed by atoms with Crippen LogP contribution in [0.15, 0.2) is 41.8 Å². The summed E-state index contributed by atoms with van der Waals surface area (Å²) in [4.78, 5) is 39.8.